The SMILES string of the molecule is O=Cc1cnccc1OC1CCC1. The second-order valence-corrected chi connectivity index (χ2v) is 3.20. The van der Waals surface area contributed by atoms with Crippen molar-refractivity contribution >= 4 is 6.29 Å². The van der Waals surface area contributed by atoms with Gasteiger partial charge in [-0.3, -0.25) is 9.78 Å². The minimum atomic E-state index is 0.307. The van der Waals surface area contributed by atoms with Crippen molar-refractivity contribution in [2.45, 2.75) is 25.4 Å². The van der Waals surface area contributed by atoms with E-state index in [9.17, 15) is 4.79 Å². The lowest BCUT2D eigenvalue weighted by Gasteiger charge is -2.26. The third-order valence-corrected chi connectivity index (χ3v) is 2.28. The summed E-state index contributed by atoms with van der Waals surface area (Å²) in [5.74, 6) is 0.662. The molecule has 3 heteroatoms. The van der Waals surface area contributed by atoms with Crippen LogP contribution in [0.1, 0.15) is 29.6 Å². The van der Waals surface area contributed by atoms with Crippen molar-refractivity contribution in [3.8, 4) is 5.75 Å². The molecule has 1 aromatic rings. The first-order valence-electron chi connectivity index (χ1n) is 4.46. The molecular weight excluding hydrogens is 166 g/mol. The van der Waals surface area contributed by atoms with E-state index in [0.717, 1.165) is 19.1 Å². The van der Waals surface area contributed by atoms with Gasteiger partial charge in [0.05, 0.1) is 11.7 Å². The molecule has 13 heavy (non-hydrogen) atoms. The summed E-state index contributed by atoms with van der Waals surface area (Å²) in [5.41, 5.74) is 0.536. The number of rotatable bonds is 3. The van der Waals surface area contributed by atoms with Gasteiger partial charge in [-0.25, -0.2) is 0 Å². The van der Waals surface area contributed by atoms with E-state index in [0.29, 0.717) is 17.4 Å². The monoisotopic (exact) mass is 177 g/mol. The molecule has 1 fully saturated rings. The molecular formula is C10H11NO2. The van der Waals surface area contributed by atoms with E-state index in [-0.39, 0.29) is 0 Å². The maximum Gasteiger partial charge on any atom is 0.155 e. The lowest BCUT2D eigenvalue weighted by Crippen LogP contribution is -2.25. The predicted octanol–water partition coefficient (Wildman–Crippen LogP) is 1.83. The molecule has 0 N–H and O–H groups in total. The molecule has 1 heterocycles. The van der Waals surface area contributed by atoms with E-state index >= 15 is 0 Å². The molecule has 0 saturated heterocycles. The van der Waals surface area contributed by atoms with Gasteiger partial charge in [0.25, 0.3) is 0 Å². The number of hydrogen-bond acceptors (Lipinski definition) is 3. The van der Waals surface area contributed by atoms with Gasteiger partial charge in [-0.1, -0.05) is 0 Å². The molecule has 0 amide bonds. The summed E-state index contributed by atoms with van der Waals surface area (Å²) in [4.78, 5) is 14.5. The second-order valence-electron chi connectivity index (χ2n) is 3.20. The molecule has 1 saturated carbocycles. The maximum absolute atomic E-state index is 10.6. The Kier molecular flexibility index (Phi) is 2.25. The number of carbonyl (C=O) groups excluding carboxylic acids is 1. The van der Waals surface area contributed by atoms with Crippen LogP contribution in [0.25, 0.3) is 0 Å². The van der Waals surface area contributed by atoms with Crippen LogP contribution >= 0.6 is 0 Å². The highest BCUT2D eigenvalue weighted by molar-refractivity contribution is 5.78. The number of nitrogens with zero attached hydrogens (tertiary/aromatic N) is 1. The van der Waals surface area contributed by atoms with Gasteiger partial charge in [0, 0.05) is 12.4 Å². The Hall–Kier alpha value is -1.38. The zero-order valence-electron chi connectivity index (χ0n) is 7.27. The van der Waals surface area contributed by atoms with Crippen molar-refractivity contribution in [1.82, 2.24) is 4.98 Å². The summed E-state index contributed by atoms with van der Waals surface area (Å²) in [6.45, 7) is 0. The summed E-state index contributed by atoms with van der Waals surface area (Å²) in [6.07, 6.45) is 7.68. The van der Waals surface area contributed by atoms with Crippen molar-refractivity contribution < 1.29 is 9.53 Å². The smallest absolute Gasteiger partial charge is 0.155 e. The first kappa shape index (κ1) is 8.23. The number of aldehydes is 1. The van der Waals surface area contributed by atoms with Gasteiger partial charge in [0.2, 0.25) is 0 Å². The van der Waals surface area contributed by atoms with Gasteiger partial charge in [-0.05, 0) is 25.3 Å². The van der Waals surface area contributed by atoms with Gasteiger partial charge in [0.15, 0.2) is 6.29 Å². The number of hydrogen-bond donors (Lipinski definition) is 0. The molecule has 2 rings (SSSR count). The fourth-order valence-corrected chi connectivity index (χ4v) is 1.26. The van der Waals surface area contributed by atoms with Crippen molar-refractivity contribution in [3.63, 3.8) is 0 Å². The Morgan fingerprint density at radius 3 is 3.00 bits per heavy atom. The lowest BCUT2D eigenvalue weighted by atomic mass is 9.96. The molecule has 0 atom stereocenters. The van der Waals surface area contributed by atoms with E-state index in [2.05, 4.69) is 4.98 Å². The normalized spacial score (nSPS) is 16.3. The lowest BCUT2D eigenvalue weighted by molar-refractivity contribution is 0.107. The Morgan fingerprint density at radius 1 is 1.54 bits per heavy atom. The topological polar surface area (TPSA) is 39.2 Å². The summed E-state index contributed by atoms with van der Waals surface area (Å²) >= 11 is 0. The molecule has 0 unspecified atom stereocenters. The molecule has 3 nitrogen and oxygen atoms in total. The van der Waals surface area contributed by atoms with Crippen molar-refractivity contribution in [2.75, 3.05) is 0 Å². The molecule has 68 valence electrons. The Balaban J connectivity index is 2.12. The first-order valence-corrected chi connectivity index (χ1v) is 4.46. The first-order chi connectivity index (χ1) is 6.40. The Bertz CT molecular complexity index is 308. The van der Waals surface area contributed by atoms with Crippen LogP contribution in [0, 0.1) is 0 Å². The van der Waals surface area contributed by atoms with Crippen molar-refractivity contribution in [2.24, 2.45) is 0 Å². The molecule has 1 aliphatic rings. The fourth-order valence-electron chi connectivity index (χ4n) is 1.26. The minimum absolute atomic E-state index is 0.307. The number of aromatic nitrogens is 1. The largest absolute Gasteiger partial charge is 0.490 e. The van der Waals surface area contributed by atoms with E-state index in [1.54, 1.807) is 12.3 Å². The van der Waals surface area contributed by atoms with Crippen LogP contribution < -0.4 is 4.74 Å². The van der Waals surface area contributed by atoms with Crippen LogP contribution in [-0.2, 0) is 0 Å². The Labute approximate surface area is 76.7 Å². The summed E-state index contributed by atoms with van der Waals surface area (Å²) in [6, 6.07) is 1.74. The van der Waals surface area contributed by atoms with E-state index in [4.69, 9.17) is 4.74 Å². The molecule has 0 bridgehead atoms. The van der Waals surface area contributed by atoms with Crippen LogP contribution in [0.15, 0.2) is 18.5 Å². The fraction of sp³-hybridized carbons (Fsp3) is 0.400. The number of ether oxygens (including phenoxy) is 1. The maximum atomic E-state index is 10.6. The second kappa shape index (κ2) is 3.56. The molecule has 0 spiro atoms. The summed E-state index contributed by atoms with van der Waals surface area (Å²) < 4.78 is 5.60. The van der Waals surface area contributed by atoms with Crippen LogP contribution in [0.5, 0.6) is 5.75 Å². The van der Waals surface area contributed by atoms with Gasteiger partial charge in [-0.2, -0.15) is 0 Å². The third-order valence-electron chi connectivity index (χ3n) is 2.28. The Morgan fingerprint density at radius 2 is 2.38 bits per heavy atom. The van der Waals surface area contributed by atoms with Crippen LogP contribution in [0.2, 0.25) is 0 Å². The van der Waals surface area contributed by atoms with E-state index in [1.165, 1.54) is 12.6 Å². The van der Waals surface area contributed by atoms with Crippen LogP contribution in [-0.4, -0.2) is 17.4 Å². The van der Waals surface area contributed by atoms with Crippen LogP contribution in [0.4, 0.5) is 0 Å². The minimum Gasteiger partial charge on any atom is -0.490 e. The van der Waals surface area contributed by atoms with E-state index in [1.807, 2.05) is 0 Å². The third kappa shape index (κ3) is 1.69. The number of carbonyl (C=O) groups is 1. The highest BCUT2D eigenvalue weighted by Crippen LogP contribution is 2.26. The summed E-state index contributed by atoms with van der Waals surface area (Å²) in [5, 5.41) is 0. The average Bonchev–Trinajstić information content (AvgIpc) is 2.12. The zero-order chi connectivity index (χ0) is 9.10. The quantitative estimate of drug-likeness (QED) is 0.661. The highest BCUT2D eigenvalue weighted by atomic mass is 16.5. The summed E-state index contributed by atoms with van der Waals surface area (Å²) in [7, 11) is 0. The van der Waals surface area contributed by atoms with Crippen molar-refractivity contribution in [3.05, 3.63) is 24.0 Å². The standard InChI is InChI=1S/C10H11NO2/c12-7-8-6-11-5-4-10(8)13-9-2-1-3-9/h4-7,9H,1-3H2. The highest BCUT2D eigenvalue weighted by Gasteiger charge is 2.19. The van der Waals surface area contributed by atoms with Crippen LogP contribution in [0.3, 0.4) is 0 Å². The predicted molar refractivity (Wildman–Crippen MR) is 47.9 cm³/mol. The molecule has 1 aromatic heterocycles. The van der Waals surface area contributed by atoms with Gasteiger partial charge >= 0.3 is 0 Å². The molecule has 0 radical (unpaired) electrons. The van der Waals surface area contributed by atoms with Gasteiger partial charge < -0.3 is 4.74 Å². The zero-order valence-corrected chi connectivity index (χ0v) is 7.27. The van der Waals surface area contributed by atoms with E-state index < -0.39 is 0 Å². The van der Waals surface area contributed by atoms with Gasteiger partial charge in [-0.15, -0.1) is 0 Å². The number of pyridine rings is 1. The average molecular weight is 177 g/mol. The molecule has 0 aromatic carbocycles. The van der Waals surface area contributed by atoms with Gasteiger partial charge in [0.1, 0.15) is 5.75 Å². The molecule has 0 aliphatic heterocycles. The van der Waals surface area contributed by atoms with Crippen molar-refractivity contribution in [1.29, 1.82) is 0 Å². The molecule has 1 aliphatic carbocycles.